The van der Waals surface area contributed by atoms with Gasteiger partial charge in [-0.1, -0.05) is 0 Å². The number of carbonyl (C=O) groups excluding carboxylic acids is 1. The molecule has 0 spiro atoms. The van der Waals surface area contributed by atoms with E-state index < -0.39 is 0 Å². The summed E-state index contributed by atoms with van der Waals surface area (Å²) in [6.45, 7) is 1.05. The number of anilines is 1. The number of nitrogens with zero attached hydrogens (tertiary/aromatic N) is 3. The van der Waals surface area contributed by atoms with Crippen LogP contribution in [0, 0.1) is 0 Å². The van der Waals surface area contributed by atoms with Crippen LogP contribution < -0.4 is 10.9 Å². The zero-order valence-electron chi connectivity index (χ0n) is 10.3. The summed E-state index contributed by atoms with van der Waals surface area (Å²) in [6.07, 6.45) is 3.53. The van der Waals surface area contributed by atoms with E-state index in [2.05, 4.69) is 10.3 Å². The summed E-state index contributed by atoms with van der Waals surface area (Å²) in [4.78, 5) is 29.4. The predicted molar refractivity (Wildman–Crippen MR) is 66.5 cm³/mol. The first-order valence-electron chi connectivity index (χ1n) is 6.26. The molecule has 1 amide bonds. The van der Waals surface area contributed by atoms with E-state index in [0.717, 1.165) is 30.5 Å². The lowest BCUT2D eigenvalue weighted by Crippen LogP contribution is -2.37. The second kappa shape index (κ2) is 4.12. The molecule has 1 aliphatic carbocycles. The highest BCUT2D eigenvalue weighted by Crippen LogP contribution is 2.35. The van der Waals surface area contributed by atoms with Crippen molar-refractivity contribution in [3.63, 3.8) is 0 Å². The summed E-state index contributed by atoms with van der Waals surface area (Å²) in [5, 5.41) is 2.99. The molecular formula is C12H16N4O2. The van der Waals surface area contributed by atoms with E-state index in [-0.39, 0.29) is 5.56 Å². The fourth-order valence-corrected chi connectivity index (χ4v) is 2.46. The summed E-state index contributed by atoms with van der Waals surface area (Å²) in [5.74, 6) is 0.619. The number of nitrogens with one attached hydrogen (secondary N) is 1. The van der Waals surface area contributed by atoms with Crippen LogP contribution >= 0.6 is 0 Å². The van der Waals surface area contributed by atoms with Gasteiger partial charge in [-0.05, 0) is 19.3 Å². The van der Waals surface area contributed by atoms with E-state index in [1.807, 2.05) is 0 Å². The molecule has 6 nitrogen and oxygen atoms in total. The molecule has 1 aromatic rings. The second-order valence-electron chi connectivity index (χ2n) is 4.84. The zero-order chi connectivity index (χ0) is 12.7. The highest BCUT2D eigenvalue weighted by Gasteiger charge is 2.30. The van der Waals surface area contributed by atoms with Crippen LogP contribution in [-0.2, 0) is 17.8 Å². The van der Waals surface area contributed by atoms with Gasteiger partial charge in [0.05, 0.1) is 12.2 Å². The smallest absolute Gasteiger partial charge is 0.258 e. The van der Waals surface area contributed by atoms with E-state index in [9.17, 15) is 9.59 Å². The third-order valence-corrected chi connectivity index (χ3v) is 3.58. The molecule has 6 heteroatoms. The van der Waals surface area contributed by atoms with Crippen molar-refractivity contribution in [2.24, 2.45) is 0 Å². The van der Waals surface area contributed by atoms with Gasteiger partial charge in [-0.15, -0.1) is 0 Å². The minimum Gasteiger partial charge on any atom is -0.359 e. The molecule has 0 saturated heterocycles. The van der Waals surface area contributed by atoms with Gasteiger partial charge >= 0.3 is 0 Å². The van der Waals surface area contributed by atoms with Crippen molar-refractivity contribution >= 4 is 12.4 Å². The quantitative estimate of drug-likeness (QED) is 0.772. The number of rotatable bonds is 3. The molecule has 0 bridgehead atoms. The van der Waals surface area contributed by atoms with Gasteiger partial charge in [-0.2, -0.15) is 0 Å². The molecule has 0 unspecified atom stereocenters. The Labute approximate surface area is 105 Å². The largest absolute Gasteiger partial charge is 0.359 e. The van der Waals surface area contributed by atoms with Crippen LogP contribution in [-0.4, -0.2) is 34.5 Å². The number of amides is 1. The molecule has 1 aliphatic heterocycles. The van der Waals surface area contributed by atoms with Gasteiger partial charge in [0.1, 0.15) is 0 Å². The number of carbonyl (C=O) groups is 1. The van der Waals surface area contributed by atoms with Crippen LogP contribution in [0.2, 0.25) is 0 Å². The maximum absolute atomic E-state index is 12.4. The fraction of sp³-hybridized carbons (Fsp3) is 0.583. The van der Waals surface area contributed by atoms with Crippen molar-refractivity contribution in [1.29, 1.82) is 0 Å². The average Bonchev–Trinajstić information content (AvgIpc) is 3.22. The van der Waals surface area contributed by atoms with Crippen LogP contribution in [0.1, 0.15) is 30.1 Å². The van der Waals surface area contributed by atoms with Crippen LogP contribution in [0.3, 0.4) is 0 Å². The molecule has 1 aromatic heterocycles. The van der Waals surface area contributed by atoms with Crippen molar-refractivity contribution in [2.45, 2.75) is 31.8 Å². The summed E-state index contributed by atoms with van der Waals surface area (Å²) >= 11 is 0. The number of hydrogen-bond donors (Lipinski definition) is 1. The minimum atomic E-state index is 0.0670. The first-order chi connectivity index (χ1) is 8.74. The average molecular weight is 248 g/mol. The van der Waals surface area contributed by atoms with Gasteiger partial charge in [0, 0.05) is 25.2 Å². The molecule has 2 heterocycles. The number of hydrogen-bond acceptors (Lipinski definition) is 4. The van der Waals surface area contributed by atoms with E-state index >= 15 is 0 Å². The van der Waals surface area contributed by atoms with Gasteiger partial charge in [-0.3, -0.25) is 14.2 Å². The van der Waals surface area contributed by atoms with Crippen molar-refractivity contribution in [3.05, 3.63) is 21.6 Å². The van der Waals surface area contributed by atoms with Crippen molar-refractivity contribution in [1.82, 2.24) is 14.5 Å². The Hall–Kier alpha value is -1.85. The normalized spacial score (nSPS) is 18.4. The Morgan fingerprint density at radius 2 is 2.22 bits per heavy atom. The van der Waals surface area contributed by atoms with Gasteiger partial charge in [0.25, 0.3) is 5.56 Å². The third kappa shape index (κ3) is 1.68. The number of aromatic nitrogens is 2. The highest BCUT2D eigenvalue weighted by atomic mass is 16.1. The first kappa shape index (κ1) is 11.3. The zero-order valence-corrected chi connectivity index (χ0v) is 10.3. The topological polar surface area (TPSA) is 67.2 Å². The fourth-order valence-electron chi connectivity index (χ4n) is 2.46. The van der Waals surface area contributed by atoms with E-state index in [4.69, 9.17) is 0 Å². The Balaban J connectivity index is 2.11. The van der Waals surface area contributed by atoms with Crippen LogP contribution in [0.4, 0.5) is 5.95 Å². The summed E-state index contributed by atoms with van der Waals surface area (Å²) in [5.41, 5.74) is 1.58. The maximum atomic E-state index is 12.4. The highest BCUT2D eigenvalue weighted by molar-refractivity contribution is 5.49. The standard InChI is InChI=1S/C12H16N4O2/c1-13-12-14-10-6-15(7-17)5-4-9(10)11(18)16(12)8-2-3-8/h7-8H,2-6H2,1H3,(H,13,14). The van der Waals surface area contributed by atoms with Gasteiger partial charge in [0.2, 0.25) is 12.4 Å². The van der Waals surface area contributed by atoms with E-state index in [1.165, 1.54) is 0 Å². The lowest BCUT2D eigenvalue weighted by Gasteiger charge is -2.25. The summed E-state index contributed by atoms with van der Waals surface area (Å²) in [6, 6.07) is 0.307. The SMILES string of the molecule is CNc1nc2c(c(=O)n1C1CC1)CCN(C=O)C2. The molecule has 0 atom stereocenters. The molecular weight excluding hydrogens is 232 g/mol. The van der Waals surface area contributed by atoms with Gasteiger partial charge in [-0.25, -0.2) is 4.98 Å². The predicted octanol–water partition coefficient (Wildman–Crippen LogP) is 0.134. The molecule has 3 rings (SSSR count). The Kier molecular flexibility index (Phi) is 2.57. The number of fused-ring (bicyclic) bond motifs is 1. The molecule has 96 valence electrons. The molecule has 1 saturated carbocycles. The Bertz CT molecular complexity index is 548. The van der Waals surface area contributed by atoms with E-state index in [0.29, 0.717) is 31.5 Å². The Morgan fingerprint density at radius 3 is 2.83 bits per heavy atom. The van der Waals surface area contributed by atoms with E-state index in [1.54, 1.807) is 16.5 Å². The second-order valence-corrected chi connectivity index (χ2v) is 4.84. The van der Waals surface area contributed by atoms with Crippen LogP contribution in [0.15, 0.2) is 4.79 Å². The molecule has 0 aromatic carbocycles. The third-order valence-electron chi connectivity index (χ3n) is 3.58. The van der Waals surface area contributed by atoms with Gasteiger partial charge < -0.3 is 10.2 Å². The lowest BCUT2D eigenvalue weighted by molar-refractivity contribution is -0.119. The maximum Gasteiger partial charge on any atom is 0.258 e. The van der Waals surface area contributed by atoms with Crippen LogP contribution in [0.25, 0.3) is 0 Å². The molecule has 1 N–H and O–H groups in total. The Morgan fingerprint density at radius 1 is 1.44 bits per heavy atom. The summed E-state index contributed by atoms with van der Waals surface area (Å²) in [7, 11) is 1.77. The first-order valence-corrected chi connectivity index (χ1v) is 6.26. The lowest BCUT2D eigenvalue weighted by atomic mass is 10.1. The van der Waals surface area contributed by atoms with Crippen LogP contribution in [0.5, 0.6) is 0 Å². The minimum absolute atomic E-state index is 0.0670. The molecule has 2 aliphatic rings. The van der Waals surface area contributed by atoms with Crippen molar-refractivity contribution in [2.75, 3.05) is 18.9 Å². The van der Waals surface area contributed by atoms with Crippen molar-refractivity contribution < 1.29 is 4.79 Å². The molecule has 0 radical (unpaired) electrons. The van der Waals surface area contributed by atoms with Gasteiger partial charge in [0.15, 0.2) is 0 Å². The molecule has 18 heavy (non-hydrogen) atoms. The monoisotopic (exact) mass is 248 g/mol. The molecule has 1 fully saturated rings. The summed E-state index contributed by atoms with van der Waals surface area (Å²) < 4.78 is 1.77. The van der Waals surface area contributed by atoms with Crippen molar-refractivity contribution in [3.8, 4) is 0 Å².